The summed E-state index contributed by atoms with van der Waals surface area (Å²) in [5.74, 6) is 0. The molecule has 3 rings (SSSR count). The highest BCUT2D eigenvalue weighted by molar-refractivity contribution is 5.62. The maximum atomic E-state index is 6.57. The van der Waals surface area contributed by atoms with Crippen molar-refractivity contribution in [2.45, 2.75) is 32.2 Å². The van der Waals surface area contributed by atoms with Gasteiger partial charge in [0.1, 0.15) is 0 Å². The van der Waals surface area contributed by atoms with E-state index in [0.717, 1.165) is 13.1 Å². The molecule has 2 aromatic carbocycles. The van der Waals surface area contributed by atoms with Crippen molar-refractivity contribution in [1.29, 1.82) is 0 Å². The Hall–Kier alpha value is -1.80. The highest BCUT2D eigenvalue weighted by atomic mass is 15.1. The van der Waals surface area contributed by atoms with Gasteiger partial charge in [-0.1, -0.05) is 48.5 Å². The van der Waals surface area contributed by atoms with E-state index in [0.29, 0.717) is 0 Å². The standard InChI is InChI=1S/C19H24N2/c1-15-9-8-12-17(18(20)16-10-4-2-5-11-16)19(15)21-13-6-3-7-14-21/h2,4-5,8-12,18H,3,6-7,13-14,20H2,1H3. The van der Waals surface area contributed by atoms with Crippen LogP contribution in [0.25, 0.3) is 0 Å². The lowest BCUT2D eigenvalue weighted by atomic mass is 9.94. The maximum absolute atomic E-state index is 6.57. The summed E-state index contributed by atoms with van der Waals surface area (Å²) in [5.41, 5.74) is 11.7. The van der Waals surface area contributed by atoms with Crippen molar-refractivity contribution in [1.82, 2.24) is 0 Å². The minimum atomic E-state index is -0.0528. The number of piperidine rings is 1. The van der Waals surface area contributed by atoms with Gasteiger partial charge in [-0.3, -0.25) is 0 Å². The minimum Gasteiger partial charge on any atom is -0.371 e. The topological polar surface area (TPSA) is 29.3 Å². The number of benzene rings is 2. The number of anilines is 1. The quantitative estimate of drug-likeness (QED) is 0.919. The van der Waals surface area contributed by atoms with E-state index in [1.165, 1.54) is 41.6 Å². The molecule has 1 heterocycles. The van der Waals surface area contributed by atoms with Crippen LogP contribution in [0.3, 0.4) is 0 Å². The van der Waals surface area contributed by atoms with Gasteiger partial charge >= 0.3 is 0 Å². The van der Waals surface area contributed by atoms with Gasteiger partial charge in [0, 0.05) is 18.8 Å². The Morgan fingerprint density at radius 2 is 1.62 bits per heavy atom. The van der Waals surface area contributed by atoms with Crippen molar-refractivity contribution in [2.75, 3.05) is 18.0 Å². The molecule has 2 aromatic rings. The molecular formula is C19H24N2. The number of para-hydroxylation sites is 1. The second-order valence-electron chi connectivity index (χ2n) is 5.95. The summed E-state index contributed by atoms with van der Waals surface area (Å²) in [5, 5.41) is 0. The minimum absolute atomic E-state index is 0.0528. The molecule has 1 unspecified atom stereocenters. The molecule has 0 spiro atoms. The molecule has 1 atom stereocenters. The largest absolute Gasteiger partial charge is 0.371 e. The normalized spacial score (nSPS) is 16.8. The van der Waals surface area contributed by atoms with Crippen molar-refractivity contribution in [2.24, 2.45) is 5.73 Å². The molecule has 21 heavy (non-hydrogen) atoms. The van der Waals surface area contributed by atoms with Crippen LogP contribution in [0.5, 0.6) is 0 Å². The maximum Gasteiger partial charge on any atom is 0.0572 e. The van der Waals surface area contributed by atoms with Gasteiger partial charge in [0.25, 0.3) is 0 Å². The molecule has 1 aliphatic heterocycles. The molecule has 2 nitrogen and oxygen atoms in total. The van der Waals surface area contributed by atoms with Crippen molar-refractivity contribution < 1.29 is 0 Å². The van der Waals surface area contributed by atoms with Gasteiger partial charge in [-0.15, -0.1) is 0 Å². The highest BCUT2D eigenvalue weighted by Gasteiger charge is 2.20. The Bertz CT molecular complexity index is 586. The number of aryl methyl sites for hydroxylation is 1. The summed E-state index contributed by atoms with van der Waals surface area (Å²) < 4.78 is 0. The lowest BCUT2D eigenvalue weighted by Crippen LogP contribution is -2.32. The molecular weight excluding hydrogens is 256 g/mol. The number of nitrogens with two attached hydrogens (primary N) is 1. The summed E-state index contributed by atoms with van der Waals surface area (Å²) in [4.78, 5) is 2.52. The van der Waals surface area contributed by atoms with Gasteiger partial charge in [0.15, 0.2) is 0 Å². The molecule has 2 N–H and O–H groups in total. The van der Waals surface area contributed by atoms with Crippen molar-refractivity contribution in [3.63, 3.8) is 0 Å². The van der Waals surface area contributed by atoms with Gasteiger partial charge < -0.3 is 10.6 Å². The lowest BCUT2D eigenvalue weighted by Gasteiger charge is -2.33. The molecule has 0 aromatic heterocycles. The number of nitrogens with zero attached hydrogens (tertiary/aromatic N) is 1. The van der Waals surface area contributed by atoms with Crippen molar-refractivity contribution in [3.05, 3.63) is 65.2 Å². The average molecular weight is 280 g/mol. The fourth-order valence-corrected chi connectivity index (χ4v) is 3.32. The Morgan fingerprint density at radius 3 is 2.33 bits per heavy atom. The molecule has 0 amide bonds. The fraction of sp³-hybridized carbons (Fsp3) is 0.368. The van der Waals surface area contributed by atoms with E-state index in [-0.39, 0.29) is 6.04 Å². The zero-order valence-electron chi connectivity index (χ0n) is 12.8. The third-order valence-corrected chi connectivity index (χ3v) is 4.44. The first-order valence-corrected chi connectivity index (χ1v) is 7.92. The van der Waals surface area contributed by atoms with Crippen LogP contribution in [0.1, 0.15) is 42.0 Å². The van der Waals surface area contributed by atoms with E-state index in [1.54, 1.807) is 0 Å². The van der Waals surface area contributed by atoms with Crippen LogP contribution in [-0.2, 0) is 0 Å². The predicted molar refractivity (Wildman–Crippen MR) is 89.7 cm³/mol. The Labute approximate surface area is 127 Å². The second kappa shape index (κ2) is 6.31. The molecule has 2 heteroatoms. The van der Waals surface area contributed by atoms with Gasteiger partial charge in [0.2, 0.25) is 0 Å². The molecule has 1 saturated heterocycles. The van der Waals surface area contributed by atoms with Gasteiger partial charge in [-0.2, -0.15) is 0 Å². The first kappa shape index (κ1) is 14.2. The van der Waals surface area contributed by atoms with Crippen LogP contribution in [0.4, 0.5) is 5.69 Å². The van der Waals surface area contributed by atoms with E-state index in [9.17, 15) is 0 Å². The van der Waals surface area contributed by atoms with E-state index in [4.69, 9.17) is 5.73 Å². The third kappa shape index (κ3) is 2.96. The summed E-state index contributed by atoms with van der Waals surface area (Å²) >= 11 is 0. The van der Waals surface area contributed by atoms with Crippen LogP contribution in [-0.4, -0.2) is 13.1 Å². The van der Waals surface area contributed by atoms with E-state index < -0.39 is 0 Å². The Kier molecular flexibility index (Phi) is 4.26. The number of hydrogen-bond donors (Lipinski definition) is 1. The van der Waals surface area contributed by atoms with Crippen molar-refractivity contribution in [3.8, 4) is 0 Å². The second-order valence-corrected chi connectivity index (χ2v) is 5.95. The third-order valence-electron chi connectivity index (χ3n) is 4.44. The molecule has 110 valence electrons. The van der Waals surface area contributed by atoms with Crippen LogP contribution < -0.4 is 10.6 Å². The molecule has 0 bridgehead atoms. The van der Waals surface area contributed by atoms with Gasteiger partial charge in [-0.25, -0.2) is 0 Å². The average Bonchev–Trinajstić information content (AvgIpc) is 2.55. The monoisotopic (exact) mass is 280 g/mol. The number of hydrogen-bond acceptors (Lipinski definition) is 2. The predicted octanol–water partition coefficient (Wildman–Crippen LogP) is 4.03. The summed E-state index contributed by atoms with van der Waals surface area (Å²) in [6, 6.07) is 16.9. The van der Waals surface area contributed by atoms with Crippen LogP contribution in [0.2, 0.25) is 0 Å². The Morgan fingerprint density at radius 1 is 0.905 bits per heavy atom. The van der Waals surface area contributed by atoms with E-state index in [1.807, 2.05) is 6.07 Å². The summed E-state index contributed by atoms with van der Waals surface area (Å²) in [6.07, 6.45) is 3.92. The summed E-state index contributed by atoms with van der Waals surface area (Å²) in [7, 11) is 0. The van der Waals surface area contributed by atoms with E-state index >= 15 is 0 Å². The first-order valence-electron chi connectivity index (χ1n) is 7.92. The first-order chi connectivity index (χ1) is 10.3. The molecule has 1 fully saturated rings. The van der Waals surface area contributed by atoms with Crippen LogP contribution in [0, 0.1) is 6.92 Å². The smallest absolute Gasteiger partial charge is 0.0572 e. The zero-order chi connectivity index (χ0) is 14.7. The summed E-state index contributed by atoms with van der Waals surface area (Å²) in [6.45, 7) is 4.50. The molecule has 0 radical (unpaired) electrons. The van der Waals surface area contributed by atoms with Gasteiger partial charge in [0.05, 0.1) is 6.04 Å². The lowest BCUT2D eigenvalue weighted by molar-refractivity contribution is 0.574. The molecule has 1 aliphatic rings. The molecule has 0 aliphatic carbocycles. The molecule has 0 saturated carbocycles. The Balaban J connectivity index is 2.00. The van der Waals surface area contributed by atoms with Crippen LogP contribution >= 0.6 is 0 Å². The van der Waals surface area contributed by atoms with Gasteiger partial charge in [-0.05, 0) is 42.9 Å². The van der Waals surface area contributed by atoms with E-state index in [2.05, 4.69) is 54.3 Å². The number of rotatable bonds is 3. The zero-order valence-corrected chi connectivity index (χ0v) is 12.8. The SMILES string of the molecule is Cc1cccc(C(N)c2ccccc2)c1N1CCCCC1. The van der Waals surface area contributed by atoms with Crippen LogP contribution in [0.15, 0.2) is 48.5 Å². The highest BCUT2D eigenvalue weighted by Crippen LogP contribution is 2.33. The fourth-order valence-electron chi connectivity index (χ4n) is 3.32. The van der Waals surface area contributed by atoms with Crippen molar-refractivity contribution >= 4 is 5.69 Å².